The second-order valence-corrected chi connectivity index (χ2v) is 7.90. The van der Waals surface area contributed by atoms with Gasteiger partial charge < -0.3 is 20.3 Å². The largest absolute Gasteiger partial charge is 0.461 e. The lowest BCUT2D eigenvalue weighted by Crippen LogP contribution is -2.48. The molecule has 0 unspecified atom stereocenters. The highest BCUT2D eigenvalue weighted by Crippen LogP contribution is 2.35. The van der Waals surface area contributed by atoms with Crippen LogP contribution in [0.4, 0.5) is 15.8 Å². The van der Waals surface area contributed by atoms with E-state index in [-0.39, 0.29) is 17.0 Å². The molecule has 1 aromatic carbocycles. The minimum absolute atomic E-state index is 0.166. The Morgan fingerprint density at radius 2 is 2.03 bits per heavy atom. The van der Waals surface area contributed by atoms with Crippen molar-refractivity contribution in [1.29, 1.82) is 5.26 Å². The van der Waals surface area contributed by atoms with Crippen LogP contribution in [0.1, 0.15) is 32.1 Å². The van der Waals surface area contributed by atoms with Gasteiger partial charge in [-0.15, -0.1) is 0 Å². The van der Waals surface area contributed by atoms with Crippen molar-refractivity contribution in [2.75, 3.05) is 38.1 Å². The summed E-state index contributed by atoms with van der Waals surface area (Å²) >= 11 is 0. The first-order chi connectivity index (χ1) is 14.7. The van der Waals surface area contributed by atoms with E-state index in [4.69, 9.17) is 4.74 Å². The topological polar surface area (TPSA) is 89.8 Å². The zero-order valence-corrected chi connectivity index (χ0v) is 16.9. The number of para-hydroxylation sites is 1. The van der Waals surface area contributed by atoms with E-state index in [9.17, 15) is 14.4 Å². The standard InChI is InChI=1S/C22H26FN5O2/c23-17-7-4-8-18-20(17)27-19(21(26-18)28-11-9-25-10-12-28)16(13-24)22(29)30-14-15-5-2-1-3-6-15/h4,7-8,15,25,27H,1-3,5-6,9-12,14H2/b19-16-. The zero-order chi connectivity index (χ0) is 20.9. The van der Waals surface area contributed by atoms with Crippen molar-refractivity contribution in [3.8, 4) is 6.07 Å². The van der Waals surface area contributed by atoms with Crippen LogP contribution < -0.4 is 10.6 Å². The molecule has 0 bridgehead atoms. The van der Waals surface area contributed by atoms with Gasteiger partial charge in [0.1, 0.15) is 23.3 Å². The Labute approximate surface area is 175 Å². The predicted molar refractivity (Wildman–Crippen MR) is 112 cm³/mol. The number of benzene rings is 1. The van der Waals surface area contributed by atoms with Crippen molar-refractivity contribution < 1.29 is 13.9 Å². The second kappa shape index (κ2) is 9.26. The number of fused-ring (bicyclic) bond motifs is 1. The number of nitrogens with one attached hydrogen (secondary N) is 2. The Morgan fingerprint density at radius 1 is 1.27 bits per heavy atom. The number of halogens is 1. The Bertz CT molecular complexity index is 909. The highest BCUT2D eigenvalue weighted by molar-refractivity contribution is 6.12. The molecule has 2 aliphatic heterocycles. The molecule has 158 valence electrons. The second-order valence-electron chi connectivity index (χ2n) is 7.90. The van der Waals surface area contributed by atoms with Crippen LogP contribution in [0.5, 0.6) is 0 Å². The molecule has 1 saturated carbocycles. The molecule has 1 saturated heterocycles. The van der Waals surface area contributed by atoms with E-state index < -0.39 is 11.8 Å². The Hall–Kier alpha value is -2.92. The number of esters is 1. The van der Waals surface area contributed by atoms with Gasteiger partial charge in [-0.1, -0.05) is 25.3 Å². The molecule has 7 nitrogen and oxygen atoms in total. The lowest BCUT2D eigenvalue weighted by Gasteiger charge is -2.34. The number of ether oxygens (including phenoxy) is 1. The number of hydrogen-bond acceptors (Lipinski definition) is 7. The summed E-state index contributed by atoms with van der Waals surface area (Å²) < 4.78 is 19.9. The van der Waals surface area contributed by atoms with Crippen LogP contribution in [-0.2, 0) is 9.53 Å². The third-order valence-electron chi connectivity index (χ3n) is 5.85. The molecule has 8 heteroatoms. The summed E-state index contributed by atoms with van der Waals surface area (Å²) in [7, 11) is 0. The van der Waals surface area contributed by atoms with Gasteiger partial charge in [0.15, 0.2) is 11.4 Å². The third kappa shape index (κ3) is 4.31. The smallest absolute Gasteiger partial charge is 0.351 e. The molecule has 0 atom stereocenters. The molecule has 2 fully saturated rings. The molecule has 3 aliphatic rings. The molecule has 0 aromatic heterocycles. The molecular weight excluding hydrogens is 385 g/mol. The summed E-state index contributed by atoms with van der Waals surface area (Å²) in [5, 5.41) is 16.0. The van der Waals surface area contributed by atoms with Gasteiger partial charge in [-0.3, -0.25) is 0 Å². The minimum atomic E-state index is -0.687. The average Bonchev–Trinajstić information content (AvgIpc) is 2.79. The Kier molecular flexibility index (Phi) is 6.29. The molecule has 0 amide bonds. The number of amidine groups is 1. The number of hydrogen-bond donors (Lipinski definition) is 2. The summed E-state index contributed by atoms with van der Waals surface area (Å²) in [6, 6.07) is 6.59. The van der Waals surface area contributed by atoms with Gasteiger partial charge in [0.2, 0.25) is 0 Å². The first-order valence-electron chi connectivity index (χ1n) is 10.6. The van der Waals surface area contributed by atoms with Crippen molar-refractivity contribution in [3.63, 3.8) is 0 Å². The summed E-state index contributed by atoms with van der Waals surface area (Å²) in [4.78, 5) is 19.4. The summed E-state index contributed by atoms with van der Waals surface area (Å²) in [6.45, 7) is 3.17. The maximum absolute atomic E-state index is 14.4. The number of nitrogens with zero attached hydrogens (tertiary/aromatic N) is 3. The van der Waals surface area contributed by atoms with Crippen LogP contribution >= 0.6 is 0 Å². The van der Waals surface area contributed by atoms with Crippen LogP contribution in [0.3, 0.4) is 0 Å². The van der Waals surface area contributed by atoms with Gasteiger partial charge in [0.25, 0.3) is 0 Å². The lowest BCUT2D eigenvalue weighted by molar-refractivity contribution is -0.140. The van der Waals surface area contributed by atoms with E-state index in [2.05, 4.69) is 15.6 Å². The monoisotopic (exact) mass is 411 g/mol. The van der Waals surface area contributed by atoms with Crippen molar-refractivity contribution in [2.24, 2.45) is 10.9 Å². The number of piperazine rings is 1. The van der Waals surface area contributed by atoms with Crippen LogP contribution in [0, 0.1) is 23.1 Å². The Morgan fingerprint density at radius 3 is 2.77 bits per heavy atom. The van der Waals surface area contributed by atoms with Crippen molar-refractivity contribution in [3.05, 3.63) is 35.3 Å². The van der Waals surface area contributed by atoms with E-state index >= 15 is 0 Å². The van der Waals surface area contributed by atoms with E-state index in [1.807, 2.05) is 11.0 Å². The molecule has 30 heavy (non-hydrogen) atoms. The lowest BCUT2D eigenvalue weighted by atomic mass is 9.90. The minimum Gasteiger partial charge on any atom is -0.461 e. The number of anilines is 1. The number of carbonyl (C=O) groups excluding carboxylic acids is 1. The third-order valence-corrected chi connectivity index (χ3v) is 5.85. The predicted octanol–water partition coefficient (Wildman–Crippen LogP) is 3.09. The SMILES string of the molecule is N#C/C(C(=O)OCC1CCCCC1)=C1/Nc2c(F)cccc2N=C1N1CCNCC1. The van der Waals surface area contributed by atoms with E-state index in [0.717, 1.165) is 38.8 Å². The number of nitriles is 1. The summed E-state index contributed by atoms with van der Waals surface area (Å²) in [6.07, 6.45) is 5.58. The number of rotatable bonds is 3. The number of carbonyl (C=O) groups is 1. The van der Waals surface area contributed by atoms with Crippen molar-refractivity contribution in [2.45, 2.75) is 32.1 Å². The quantitative estimate of drug-likeness (QED) is 0.451. The fraction of sp³-hybridized carbons (Fsp3) is 0.500. The molecule has 0 spiro atoms. The highest BCUT2D eigenvalue weighted by atomic mass is 19.1. The Balaban J connectivity index is 1.65. The van der Waals surface area contributed by atoms with E-state index in [1.54, 1.807) is 12.1 Å². The maximum Gasteiger partial charge on any atom is 0.351 e. The van der Waals surface area contributed by atoms with Gasteiger partial charge in [-0.25, -0.2) is 14.2 Å². The van der Waals surface area contributed by atoms with Gasteiger partial charge in [0, 0.05) is 26.2 Å². The van der Waals surface area contributed by atoms with E-state index in [1.165, 1.54) is 12.5 Å². The van der Waals surface area contributed by atoms with E-state index in [0.29, 0.717) is 37.1 Å². The molecule has 1 aromatic rings. The van der Waals surface area contributed by atoms with Gasteiger partial charge in [-0.2, -0.15) is 5.26 Å². The molecule has 1 aliphatic carbocycles. The fourth-order valence-corrected chi connectivity index (χ4v) is 4.18. The molecule has 2 N–H and O–H groups in total. The van der Waals surface area contributed by atoms with Crippen molar-refractivity contribution in [1.82, 2.24) is 10.2 Å². The maximum atomic E-state index is 14.4. The summed E-state index contributed by atoms with van der Waals surface area (Å²) in [5.41, 5.74) is 0.655. The van der Waals surface area contributed by atoms with Gasteiger partial charge in [-0.05, 0) is 30.9 Å². The average molecular weight is 411 g/mol. The fourth-order valence-electron chi connectivity index (χ4n) is 4.18. The van der Waals surface area contributed by atoms with Crippen LogP contribution in [0.25, 0.3) is 0 Å². The normalized spacial score (nSPS) is 21.1. The van der Waals surface area contributed by atoms with Crippen molar-refractivity contribution >= 4 is 23.2 Å². The number of aliphatic imine (C=N–C) groups is 1. The first-order valence-corrected chi connectivity index (χ1v) is 10.6. The molecule has 4 rings (SSSR count). The van der Waals surface area contributed by atoms with Gasteiger partial charge >= 0.3 is 5.97 Å². The first kappa shape index (κ1) is 20.4. The molecule has 0 radical (unpaired) electrons. The van der Waals surface area contributed by atoms with Gasteiger partial charge in [0.05, 0.1) is 12.3 Å². The zero-order valence-electron chi connectivity index (χ0n) is 16.9. The van der Waals surface area contributed by atoms with Crippen LogP contribution in [0.15, 0.2) is 34.5 Å². The highest BCUT2D eigenvalue weighted by Gasteiger charge is 2.31. The molecular formula is C22H26FN5O2. The molecule has 2 heterocycles. The van der Waals surface area contributed by atoms with Crippen LogP contribution in [-0.4, -0.2) is 49.5 Å². The van der Waals surface area contributed by atoms with Crippen LogP contribution in [0.2, 0.25) is 0 Å². The summed E-state index contributed by atoms with van der Waals surface area (Å²) in [5.74, 6) is -0.360.